The minimum Gasteiger partial charge on any atom is -0.481 e. The predicted molar refractivity (Wildman–Crippen MR) is 132 cm³/mol. The lowest BCUT2D eigenvalue weighted by molar-refractivity contribution is -0.145. The molecular formula is C27H29N3O6. The Kier molecular flexibility index (Phi) is 9.81. The molecule has 0 aliphatic rings. The molecule has 2 atom stereocenters. The van der Waals surface area contributed by atoms with Crippen molar-refractivity contribution in [3.05, 3.63) is 95.7 Å². The molecule has 0 saturated heterocycles. The number of carbonyl (C=O) groups is 3. The van der Waals surface area contributed by atoms with Crippen molar-refractivity contribution in [3.63, 3.8) is 0 Å². The minimum absolute atomic E-state index is 0.0571. The number of hydrogen-bond acceptors (Lipinski definition) is 7. The van der Waals surface area contributed by atoms with Gasteiger partial charge in [-0.1, -0.05) is 66.7 Å². The first kappa shape index (κ1) is 26.2. The Balaban J connectivity index is 1.71. The van der Waals surface area contributed by atoms with E-state index in [0.29, 0.717) is 11.4 Å². The van der Waals surface area contributed by atoms with Crippen LogP contribution in [0.1, 0.15) is 16.7 Å². The van der Waals surface area contributed by atoms with Crippen molar-refractivity contribution in [2.24, 2.45) is 0 Å². The maximum absolute atomic E-state index is 13.3. The number of hydrogen-bond donors (Lipinski definition) is 2. The Hall–Kier alpha value is -4.40. The Morgan fingerprint density at radius 3 is 2.00 bits per heavy atom. The van der Waals surface area contributed by atoms with Crippen LogP contribution in [0.15, 0.2) is 79.0 Å². The number of pyridine rings is 1. The van der Waals surface area contributed by atoms with Crippen LogP contribution in [0.4, 0.5) is 4.79 Å². The number of nitrogens with zero attached hydrogens (tertiary/aromatic N) is 1. The Bertz CT molecular complexity index is 1120. The summed E-state index contributed by atoms with van der Waals surface area (Å²) in [5.74, 6) is -0.741. The van der Waals surface area contributed by atoms with Gasteiger partial charge in [-0.05, 0) is 16.7 Å². The summed E-state index contributed by atoms with van der Waals surface area (Å²) < 4.78 is 15.2. The summed E-state index contributed by atoms with van der Waals surface area (Å²) in [6, 6.07) is 19.9. The van der Waals surface area contributed by atoms with Gasteiger partial charge in [0.05, 0.1) is 14.2 Å². The largest absolute Gasteiger partial charge is 0.481 e. The molecule has 3 rings (SSSR count). The van der Waals surface area contributed by atoms with Gasteiger partial charge in [0.15, 0.2) is 0 Å². The molecule has 0 bridgehead atoms. The van der Waals surface area contributed by atoms with Crippen LogP contribution in [-0.2, 0) is 38.5 Å². The Morgan fingerprint density at radius 2 is 1.42 bits per heavy atom. The Morgan fingerprint density at radius 1 is 0.778 bits per heavy atom. The van der Waals surface area contributed by atoms with E-state index in [1.165, 1.54) is 14.2 Å². The summed E-state index contributed by atoms with van der Waals surface area (Å²) in [4.78, 5) is 42.4. The van der Waals surface area contributed by atoms with Crippen LogP contribution >= 0.6 is 0 Å². The molecule has 188 valence electrons. The molecule has 0 aliphatic heterocycles. The molecule has 1 heterocycles. The van der Waals surface area contributed by atoms with E-state index in [4.69, 9.17) is 14.2 Å². The summed E-state index contributed by atoms with van der Waals surface area (Å²) in [5, 5.41) is 5.32. The quantitative estimate of drug-likeness (QED) is 0.396. The molecule has 2 amide bonds. The summed E-state index contributed by atoms with van der Waals surface area (Å²) >= 11 is 0. The fourth-order valence-corrected chi connectivity index (χ4v) is 3.46. The molecule has 9 heteroatoms. The standard InChI is InChI=1S/C27H29N3O6/c1-34-24-14-13-21(17-28-24)16-23(26(32)35-2)29-25(31)22(15-19-9-5-3-6-10-19)30-27(33)36-18-20-11-7-4-8-12-20/h3-14,17,22-23H,15-16,18H2,1-2H3,(H,29,31)(H,30,33)/t22-,23-/m1/s1. The molecule has 3 aromatic rings. The van der Waals surface area contributed by atoms with Crippen LogP contribution in [0.25, 0.3) is 0 Å². The highest BCUT2D eigenvalue weighted by Gasteiger charge is 2.28. The molecular weight excluding hydrogens is 462 g/mol. The normalized spacial score (nSPS) is 12.1. The SMILES string of the molecule is COC(=O)[C@@H](Cc1ccc(OC)nc1)NC(=O)[C@@H](Cc1ccccc1)NC(=O)OCc1ccccc1. The minimum atomic E-state index is -0.989. The molecule has 0 spiro atoms. The first-order valence-electron chi connectivity index (χ1n) is 11.4. The topological polar surface area (TPSA) is 116 Å². The molecule has 1 aromatic heterocycles. The van der Waals surface area contributed by atoms with Gasteiger partial charge >= 0.3 is 12.1 Å². The van der Waals surface area contributed by atoms with Gasteiger partial charge in [0.2, 0.25) is 11.8 Å². The number of rotatable bonds is 11. The lowest BCUT2D eigenvalue weighted by atomic mass is 10.0. The van der Waals surface area contributed by atoms with Gasteiger partial charge in [-0.3, -0.25) is 4.79 Å². The van der Waals surface area contributed by atoms with E-state index in [1.54, 1.807) is 18.3 Å². The molecule has 0 aliphatic carbocycles. The summed E-state index contributed by atoms with van der Waals surface area (Å²) in [5.41, 5.74) is 2.34. The predicted octanol–water partition coefficient (Wildman–Crippen LogP) is 2.83. The zero-order chi connectivity index (χ0) is 25.8. The highest BCUT2D eigenvalue weighted by molar-refractivity contribution is 5.90. The number of methoxy groups -OCH3 is 2. The second kappa shape index (κ2) is 13.5. The van der Waals surface area contributed by atoms with Gasteiger partial charge in [0.25, 0.3) is 0 Å². The number of alkyl carbamates (subject to hydrolysis) is 1. The van der Waals surface area contributed by atoms with Gasteiger partial charge in [-0.2, -0.15) is 0 Å². The first-order chi connectivity index (χ1) is 17.5. The van der Waals surface area contributed by atoms with Crippen LogP contribution in [0.3, 0.4) is 0 Å². The zero-order valence-electron chi connectivity index (χ0n) is 20.2. The average molecular weight is 492 g/mol. The highest BCUT2D eigenvalue weighted by Crippen LogP contribution is 2.11. The first-order valence-corrected chi connectivity index (χ1v) is 11.4. The van der Waals surface area contributed by atoms with Crippen molar-refractivity contribution in [1.29, 1.82) is 0 Å². The molecule has 0 unspecified atom stereocenters. The van der Waals surface area contributed by atoms with Crippen molar-refractivity contribution in [1.82, 2.24) is 15.6 Å². The summed E-state index contributed by atoms with van der Waals surface area (Å²) in [6.07, 6.45) is 1.15. The second-order valence-electron chi connectivity index (χ2n) is 7.95. The van der Waals surface area contributed by atoms with E-state index in [2.05, 4.69) is 15.6 Å². The zero-order valence-corrected chi connectivity index (χ0v) is 20.2. The number of benzene rings is 2. The van der Waals surface area contributed by atoms with Gasteiger partial charge in [0.1, 0.15) is 18.7 Å². The van der Waals surface area contributed by atoms with Gasteiger partial charge < -0.3 is 24.8 Å². The number of ether oxygens (including phenoxy) is 3. The van der Waals surface area contributed by atoms with Crippen LogP contribution in [0.2, 0.25) is 0 Å². The van der Waals surface area contributed by atoms with Crippen molar-refractivity contribution >= 4 is 18.0 Å². The van der Waals surface area contributed by atoms with E-state index in [0.717, 1.165) is 11.1 Å². The summed E-state index contributed by atoms with van der Waals surface area (Å²) in [7, 11) is 2.75. The van der Waals surface area contributed by atoms with Crippen molar-refractivity contribution in [3.8, 4) is 5.88 Å². The third-order valence-electron chi connectivity index (χ3n) is 5.35. The molecule has 36 heavy (non-hydrogen) atoms. The van der Waals surface area contributed by atoms with Crippen molar-refractivity contribution in [2.75, 3.05) is 14.2 Å². The molecule has 0 fully saturated rings. The van der Waals surface area contributed by atoms with Gasteiger partial charge in [-0.15, -0.1) is 0 Å². The average Bonchev–Trinajstić information content (AvgIpc) is 2.92. The number of esters is 1. The number of nitrogens with one attached hydrogen (secondary N) is 2. The number of aromatic nitrogens is 1. The maximum atomic E-state index is 13.3. The fourth-order valence-electron chi connectivity index (χ4n) is 3.46. The van der Waals surface area contributed by atoms with Crippen LogP contribution in [0, 0.1) is 0 Å². The van der Waals surface area contributed by atoms with Gasteiger partial charge in [-0.25, -0.2) is 14.6 Å². The van der Waals surface area contributed by atoms with Crippen molar-refractivity contribution < 1.29 is 28.6 Å². The van der Waals surface area contributed by atoms with Crippen LogP contribution in [0.5, 0.6) is 5.88 Å². The Labute approximate surface area is 209 Å². The second-order valence-corrected chi connectivity index (χ2v) is 7.95. The lowest BCUT2D eigenvalue weighted by Gasteiger charge is -2.22. The summed E-state index contributed by atoms with van der Waals surface area (Å²) in [6.45, 7) is 0.0571. The van der Waals surface area contributed by atoms with Crippen molar-refractivity contribution in [2.45, 2.75) is 31.5 Å². The third kappa shape index (κ3) is 8.12. The van der Waals surface area contributed by atoms with Crippen LogP contribution < -0.4 is 15.4 Å². The smallest absolute Gasteiger partial charge is 0.408 e. The van der Waals surface area contributed by atoms with E-state index in [1.807, 2.05) is 60.7 Å². The van der Waals surface area contributed by atoms with E-state index in [-0.39, 0.29) is 19.4 Å². The molecule has 0 radical (unpaired) electrons. The van der Waals surface area contributed by atoms with Gasteiger partial charge in [0, 0.05) is 25.1 Å². The monoisotopic (exact) mass is 491 g/mol. The lowest BCUT2D eigenvalue weighted by Crippen LogP contribution is -2.53. The fraction of sp³-hybridized carbons (Fsp3) is 0.259. The van der Waals surface area contributed by atoms with E-state index < -0.39 is 30.1 Å². The third-order valence-corrected chi connectivity index (χ3v) is 5.35. The molecule has 2 aromatic carbocycles. The molecule has 9 nitrogen and oxygen atoms in total. The number of amides is 2. The van der Waals surface area contributed by atoms with E-state index in [9.17, 15) is 14.4 Å². The van der Waals surface area contributed by atoms with Crippen LogP contribution in [-0.4, -0.2) is 49.3 Å². The molecule has 0 saturated carbocycles. The maximum Gasteiger partial charge on any atom is 0.408 e. The highest BCUT2D eigenvalue weighted by atomic mass is 16.5. The molecule has 2 N–H and O–H groups in total. The van der Waals surface area contributed by atoms with E-state index >= 15 is 0 Å². The number of carbonyl (C=O) groups excluding carboxylic acids is 3.